The summed E-state index contributed by atoms with van der Waals surface area (Å²) >= 11 is 0. The Bertz CT molecular complexity index is 1890. The summed E-state index contributed by atoms with van der Waals surface area (Å²) in [5.74, 6) is 0.248. The first kappa shape index (κ1) is 26.6. The average Bonchev–Trinajstić information content (AvgIpc) is 3.74. The maximum atomic E-state index is 13.1. The zero-order chi connectivity index (χ0) is 29.4. The third-order valence-electron chi connectivity index (χ3n) is 7.96. The van der Waals surface area contributed by atoms with Gasteiger partial charge in [-0.15, -0.1) is 0 Å². The van der Waals surface area contributed by atoms with Gasteiger partial charge in [-0.25, -0.2) is 19.9 Å². The summed E-state index contributed by atoms with van der Waals surface area (Å²) in [5.41, 5.74) is 5.13. The van der Waals surface area contributed by atoms with Crippen LogP contribution in [0, 0.1) is 18.3 Å². The number of nitrogens with one attached hydrogen (secondary N) is 2. The van der Waals surface area contributed by atoms with Crippen molar-refractivity contribution in [3.8, 4) is 17.3 Å². The molecule has 0 radical (unpaired) electrons. The summed E-state index contributed by atoms with van der Waals surface area (Å²) in [6.07, 6.45) is 12.6. The number of ether oxygens (including phenoxy) is 1. The third-order valence-corrected chi connectivity index (χ3v) is 7.96. The summed E-state index contributed by atoms with van der Waals surface area (Å²) < 4.78 is 7.94. The molecule has 2 aliphatic rings. The monoisotopic (exact) mass is 572 g/mol. The van der Waals surface area contributed by atoms with Crippen molar-refractivity contribution in [3.05, 3.63) is 78.5 Å². The van der Waals surface area contributed by atoms with Gasteiger partial charge in [-0.05, 0) is 69.4 Å². The summed E-state index contributed by atoms with van der Waals surface area (Å²) in [7, 11) is 0. The van der Waals surface area contributed by atoms with Crippen LogP contribution >= 0.6 is 0 Å². The number of fused-ring (bicyclic) bond motifs is 1. The Balaban J connectivity index is 1.16. The third kappa shape index (κ3) is 5.04. The SMILES string of the molecule is Cc1ncc(NC(=O)c2ccnc(C3(C#N)CC3)c2)cc1Nc1ncccc1-c1ncnc2c1ncn2C1CCCCO1. The number of carbonyl (C=O) groups is 1. The Labute approximate surface area is 247 Å². The Morgan fingerprint density at radius 2 is 2.00 bits per heavy atom. The van der Waals surface area contributed by atoms with E-state index in [9.17, 15) is 10.1 Å². The summed E-state index contributed by atoms with van der Waals surface area (Å²) in [5, 5.41) is 15.8. The van der Waals surface area contributed by atoms with Crippen LogP contribution in [0.5, 0.6) is 0 Å². The molecule has 1 aliphatic carbocycles. The molecule has 6 heterocycles. The van der Waals surface area contributed by atoms with Gasteiger partial charge in [0.05, 0.1) is 46.8 Å². The first-order chi connectivity index (χ1) is 21.0. The second-order valence-electron chi connectivity index (χ2n) is 10.8. The molecular weight excluding hydrogens is 544 g/mol. The number of hydrogen-bond donors (Lipinski definition) is 2. The van der Waals surface area contributed by atoms with E-state index in [1.165, 1.54) is 6.33 Å². The van der Waals surface area contributed by atoms with Crippen molar-refractivity contribution in [1.29, 1.82) is 5.26 Å². The molecule has 7 rings (SSSR count). The largest absolute Gasteiger partial charge is 0.358 e. The number of nitriles is 1. The maximum Gasteiger partial charge on any atom is 0.255 e. The van der Waals surface area contributed by atoms with Crippen molar-refractivity contribution in [3.63, 3.8) is 0 Å². The quantitative estimate of drug-likeness (QED) is 0.264. The van der Waals surface area contributed by atoms with Crippen molar-refractivity contribution >= 4 is 34.3 Å². The molecule has 1 aliphatic heterocycles. The number of carbonyl (C=O) groups excluding carboxylic acids is 1. The molecule has 1 saturated heterocycles. The van der Waals surface area contributed by atoms with E-state index in [1.54, 1.807) is 37.1 Å². The minimum absolute atomic E-state index is 0.0976. The molecule has 214 valence electrons. The number of rotatable bonds is 7. The number of anilines is 3. The van der Waals surface area contributed by atoms with Crippen molar-refractivity contribution in [1.82, 2.24) is 34.5 Å². The molecule has 0 bridgehead atoms. The fraction of sp³-hybridized carbons (Fsp3) is 0.290. The predicted octanol–water partition coefficient (Wildman–Crippen LogP) is 5.24. The van der Waals surface area contributed by atoms with Gasteiger partial charge in [0.15, 0.2) is 5.65 Å². The van der Waals surface area contributed by atoms with Crippen LogP contribution in [0.1, 0.15) is 60.1 Å². The normalized spacial score (nSPS) is 17.3. The van der Waals surface area contributed by atoms with E-state index < -0.39 is 5.41 Å². The Hall–Kier alpha value is -5.28. The van der Waals surface area contributed by atoms with E-state index >= 15 is 0 Å². The van der Waals surface area contributed by atoms with Crippen LogP contribution in [0.4, 0.5) is 17.2 Å². The Kier molecular flexibility index (Phi) is 6.71. The second-order valence-corrected chi connectivity index (χ2v) is 10.8. The minimum atomic E-state index is -0.573. The topological polar surface area (TPSA) is 156 Å². The highest BCUT2D eigenvalue weighted by Gasteiger charge is 2.46. The molecule has 12 heteroatoms. The first-order valence-electron chi connectivity index (χ1n) is 14.2. The van der Waals surface area contributed by atoms with Gasteiger partial charge in [0.2, 0.25) is 0 Å². The van der Waals surface area contributed by atoms with Gasteiger partial charge < -0.3 is 15.4 Å². The van der Waals surface area contributed by atoms with Crippen LogP contribution in [0.3, 0.4) is 0 Å². The van der Waals surface area contributed by atoms with E-state index in [1.807, 2.05) is 29.7 Å². The first-order valence-corrected chi connectivity index (χ1v) is 14.2. The van der Waals surface area contributed by atoms with E-state index in [0.717, 1.165) is 50.0 Å². The van der Waals surface area contributed by atoms with E-state index in [2.05, 4.69) is 46.6 Å². The molecule has 0 aromatic carbocycles. The van der Waals surface area contributed by atoms with Gasteiger partial charge in [-0.1, -0.05) is 0 Å². The number of amides is 1. The van der Waals surface area contributed by atoms with E-state index in [-0.39, 0.29) is 12.1 Å². The van der Waals surface area contributed by atoms with Crippen molar-refractivity contribution in [2.24, 2.45) is 0 Å². The van der Waals surface area contributed by atoms with Crippen LogP contribution in [-0.2, 0) is 10.2 Å². The Morgan fingerprint density at radius 1 is 1.09 bits per heavy atom. The molecule has 0 spiro atoms. The second kappa shape index (κ2) is 10.8. The van der Waals surface area contributed by atoms with Gasteiger partial charge in [-0.3, -0.25) is 19.3 Å². The highest BCUT2D eigenvalue weighted by molar-refractivity contribution is 6.04. The lowest BCUT2D eigenvalue weighted by Gasteiger charge is -2.23. The fourth-order valence-corrected chi connectivity index (χ4v) is 5.34. The predicted molar refractivity (Wildman–Crippen MR) is 158 cm³/mol. The van der Waals surface area contributed by atoms with Crippen molar-refractivity contribution in [2.75, 3.05) is 17.2 Å². The zero-order valence-electron chi connectivity index (χ0n) is 23.5. The van der Waals surface area contributed by atoms with Crippen molar-refractivity contribution < 1.29 is 9.53 Å². The molecule has 1 amide bonds. The molecule has 1 atom stereocenters. The number of aryl methyl sites for hydroxylation is 1. The summed E-state index contributed by atoms with van der Waals surface area (Å²) in [6, 6.07) is 11.2. The lowest BCUT2D eigenvalue weighted by atomic mass is 10.0. The number of hydrogen-bond acceptors (Lipinski definition) is 10. The van der Waals surface area contributed by atoms with Crippen molar-refractivity contribution in [2.45, 2.75) is 50.7 Å². The lowest BCUT2D eigenvalue weighted by Crippen LogP contribution is -2.17. The molecule has 2 N–H and O–H groups in total. The van der Waals surface area contributed by atoms with Crippen LogP contribution in [0.2, 0.25) is 0 Å². The average molecular weight is 573 g/mol. The molecule has 2 fully saturated rings. The molecular formula is C31H28N10O2. The lowest BCUT2D eigenvalue weighted by molar-refractivity contribution is -0.0298. The molecule has 1 unspecified atom stereocenters. The van der Waals surface area contributed by atoms with Gasteiger partial charge in [0.25, 0.3) is 5.91 Å². The van der Waals surface area contributed by atoms with Crippen LogP contribution in [0.15, 0.2) is 61.6 Å². The number of aromatic nitrogens is 7. The smallest absolute Gasteiger partial charge is 0.255 e. The highest BCUT2D eigenvalue weighted by atomic mass is 16.5. The molecule has 12 nitrogen and oxygen atoms in total. The van der Waals surface area contributed by atoms with Crippen LogP contribution in [0.25, 0.3) is 22.4 Å². The number of pyridine rings is 3. The number of nitrogens with zero attached hydrogens (tertiary/aromatic N) is 8. The summed E-state index contributed by atoms with van der Waals surface area (Å²) in [4.78, 5) is 40.3. The molecule has 43 heavy (non-hydrogen) atoms. The number of imidazole rings is 1. The highest BCUT2D eigenvalue weighted by Crippen LogP contribution is 2.46. The molecule has 1 saturated carbocycles. The zero-order valence-corrected chi connectivity index (χ0v) is 23.5. The Morgan fingerprint density at radius 3 is 2.81 bits per heavy atom. The summed E-state index contributed by atoms with van der Waals surface area (Å²) in [6.45, 7) is 2.59. The molecule has 5 aromatic heterocycles. The fourth-order valence-electron chi connectivity index (χ4n) is 5.34. The molecule has 5 aromatic rings. The van der Waals surface area contributed by atoms with Gasteiger partial charge in [0.1, 0.15) is 29.6 Å². The van der Waals surface area contributed by atoms with Crippen LogP contribution < -0.4 is 10.6 Å². The maximum absolute atomic E-state index is 13.1. The van der Waals surface area contributed by atoms with E-state index in [0.29, 0.717) is 45.3 Å². The van der Waals surface area contributed by atoms with E-state index in [4.69, 9.17) is 4.74 Å². The minimum Gasteiger partial charge on any atom is -0.358 e. The van der Waals surface area contributed by atoms with Crippen LogP contribution in [-0.4, -0.2) is 47.0 Å². The van der Waals surface area contributed by atoms with Gasteiger partial charge >= 0.3 is 0 Å². The van der Waals surface area contributed by atoms with Gasteiger partial charge in [-0.2, -0.15) is 5.26 Å². The van der Waals surface area contributed by atoms with Gasteiger partial charge in [0, 0.05) is 30.1 Å². The standard InChI is InChI=1S/C31H28N10O2/c1-19-23(14-21(15-35-19)39-30(42)20-7-11-33-24(13-20)31(16-32)8-9-31)40-28-22(5-4-10-34-28)26-27-29(37-17-36-26)41(18-38-27)25-6-2-3-12-43-25/h4-5,7,10-11,13-15,17-18,25H,2-3,6,8-9,12H2,1H3,(H,34,40)(H,39,42).